The van der Waals surface area contributed by atoms with Gasteiger partial charge in [0.2, 0.25) is 0 Å². The zero-order valence-corrected chi connectivity index (χ0v) is 17.7. The third-order valence-corrected chi connectivity index (χ3v) is 5.64. The monoisotopic (exact) mass is 442 g/mol. The Balaban J connectivity index is 1.47. The summed E-state index contributed by atoms with van der Waals surface area (Å²) >= 11 is 0. The zero-order valence-electron chi connectivity index (χ0n) is 17.7. The van der Waals surface area contributed by atoms with E-state index in [4.69, 9.17) is 0 Å². The number of aromatic amines is 1. The Kier molecular flexibility index (Phi) is 5.18. The van der Waals surface area contributed by atoms with Gasteiger partial charge in [-0.2, -0.15) is 5.10 Å². The van der Waals surface area contributed by atoms with Crippen LogP contribution in [0.15, 0.2) is 70.5 Å². The third kappa shape index (κ3) is 3.98. The maximum atomic E-state index is 14.7. The number of fused-ring (bicyclic) bond motifs is 2. The van der Waals surface area contributed by atoms with E-state index in [0.29, 0.717) is 34.3 Å². The van der Waals surface area contributed by atoms with E-state index in [-0.39, 0.29) is 17.8 Å². The van der Waals surface area contributed by atoms with Crippen LogP contribution in [-0.4, -0.2) is 29.2 Å². The summed E-state index contributed by atoms with van der Waals surface area (Å²) in [5.74, 6) is 0.171. The van der Waals surface area contributed by atoms with Crippen molar-refractivity contribution in [2.75, 3.05) is 7.11 Å². The number of aliphatic imine (C=N–C) groups is 1. The standard InChI is InChI=1S/C25H19FN4O3/c1-33-25(32)28-23-13-16-7-6-15(11-21(16)27-23)14-8-9-20(26)17(10-14)12-22-18-4-2-3-5-19(18)24(31)30-29-22/h2-11H,12-13H2,1H3,(H,30,31)(H,27,28,32). The zero-order chi connectivity index (χ0) is 22.9. The summed E-state index contributed by atoms with van der Waals surface area (Å²) in [6.07, 6.45) is 0.172. The number of ether oxygens (including phenoxy) is 1. The quantitative estimate of drug-likeness (QED) is 0.495. The largest absolute Gasteiger partial charge is 0.453 e. The van der Waals surface area contributed by atoms with Gasteiger partial charge in [0.15, 0.2) is 0 Å². The average molecular weight is 442 g/mol. The van der Waals surface area contributed by atoms with E-state index in [2.05, 4.69) is 25.2 Å². The normalized spacial score (nSPS) is 12.4. The van der Waals surface area contributed by atoms with E-state index >= 15 is 0 Å². The van der Waals surface area contributed by atoms with Gasteiger partial charge in [0, 0.05) is 18.2 Å². The first-order chi connectivity index (χ1) is 16.0. The summed E-state index contributed by atoms with van der Waals surface area (Å²) in [6, 6.07) is 17.9. The Hall–Kier alpha value is -4.33. The molecule has 33 heavy (non-hydrogen) atoms. The van der Waals surface area contributed by atoms with Crippen LogP contribution in [-0.2, 0) is 17.6 Å². The lowest BCUT2D eigenvalue weighted by Crippen LogP contribution is -2.30. The molecule has 0 fully saturated rings. The molecule has 1 aliphatic rings. The minimum Gasteiger partial charge on any atom is -0.453 e. The molecule has 3 aromatic carbocycles. The Bertz CT molecular complexity index is 1490. The first-order valence-corrected chi connectivity index (χ1v) is 10.3. The number of nitrogens with zero attached hydrogens (tertiary/aromatic N) is 2. The van der Waals surface area contributed by atoms with Gasteiger partial charge in [-0.05, 0) is 46.5 Å². The Labute approximate surface area is 188 Å². The van der Waals surface area contributed by atoms with Crippen molar-refractivity contribution >= 4 is 28.4 Å². The molecule has 1 aliphatic heterocycles. The molecular weight excluding hydrogens is 423 g/mol. The van der Waals surface area contributed by atoms with Crippen LogP contribution in [0.4, 0.5) is 14.9 Å². The first-order valence-electron chi connectivity index (χ1n) is 10.3. The summed E-state index contributed by atoms with van der Waals surface area (Å²) in [7, 11) is 1.30. The second-order valence-electron chi connectivity index (χ2n) is 7.72. The molecule has 1 aromatic heterocycles. The van der Waals surface area contributed by atoms with Crippen LogP contribution in [0.1, 0.15) is 16.8 Å². The molecule has 0 bridgehead atoms. The number of benzene rings is 3. The number of hydrogen-bond acceptors (Lipinski definition) is 5. The molecule has 5 rings (SSSR count). The molecule has 2 heterocycles. The van der Waals surface area contributed by atoms with Gasteiger partial charge in [-0.1, -0.05) is 36.4 Å². The molecule has 0 spiro atoms. The first kappa shape index (κ1) is 20.6. The van der Waals surface area contributed by atoms with Crippen LogP contribution in [0.25, 0.3) is 21.9 Å². The molecule has 0 atom stereocenters. The molecular formula is C25H19FN4O3. The minimum absolute atomic E-state index is 0.229. The molecule has 1 amide bonds. The van der Waals surface area contributed by atoms with Gasteiger partial charge in [0.25, 0.3) is 5.56 Å². The van der Waals surface area contributed by atoms with Crippen molar-refractivity contribution in [1.29, 1.82) is 0 Å². The summed E-state index contributed by atoms with van der Waals surface area (Å²) in [5, 5.41) is 10.5. The predicted octanol–water partition coefficient (Wildman–Crippen LogP) is 4.26. The van der Waals surface area contributed by atoms with Gasteiger partial charge < -0.3 is 4.74 Å². The van der Waals surface area contributed by atoms with Gasteiger partial charge in [-0.15, -0.1) is 0 Å². The SMILES string of the molecule is COC(=O)NC1=Nc2cc(-c3ccc(F)c(Cc4n[nH]c(=O)c5ccccc45)c3)ccc2C1. The minimum atomic E-state index is -0.562. The number of amides is 1. The number of nitrogens with one attached hydrogen (secondary N) is 2. The molecule has 2 N–H and O–H groups in total. The number of hydrogen-bond donors (Lipinski definition) is 2. The summed E-state index contributed by atoms with van der Waals surface area (Å²) in [5.41, 5.74) is 4.22. The molecule has 0 saturated carbocycles. The van der Waals surface area contributed by atoms with Gasteiger partial charge in [0.05, 0.1) is 23.9 Å². The van der Waals surface area contributed by atoms with Gasteiger partial charge in [-0.25, -0.2) is 19.3 Å². The summed E-state index contributed by atoms with van der Waals surface area (Å²) in [6.45, 7) is 0. The van der Waals surface area contributed by atoms with E-state index in [1.54, 1.807) is 24.3 Å². The smallest absolute Gasteiger partial charge is 0.412 e. The van der Waals surface area contributed by atoms with E-state index in [1.165, 1.54) is 13.2 Å². The number of carbonyl (C=O) groups is 1. The van der Waals surface area contributed by atoms with Crippen molar-refractivity contribution in [2.24, 2.45) is 4.99 Å². The topological polar surface area (TPSA) is 96.4 Å². The highest BCUT2D eigenvalue weighted by atomic mass is 19.1. The lowest BCUT2D eigenvalue weighted by atomic mass is 9.97. The third-order valence-electron chi connectivity index (χ3n) is 5.64. The van der Waals surface area contributed by atoms with E-state index in [0.717, 1.165) is 22.4 Å². The molecule has 0 saturated heterocycles. The van der Waals surface area contributed by atoms with Crippen LogP contribution in [0.5, 0.6) is 0 Å². The van der Waals surface area contributed by atoms with Crippen LogP contribution in [0, 0.1) is 5.82 Å². The summed E-state index contributed by atoms with van der Waals surface area (Å²) < 4.78 is 19.3. The highest BCUT2D eigenvalue weighted by Crippen LogP contribution is 2.32. The van der Waals surface area contributed by atoms with Crippen molar-refractivity contribution in [1.82, 2.24) is 15.5 Å². The highest BCUT2D eigenvalue weighted by molar-refractivity contribution is 6.01. The number of alkyl carbamates (subject to hydrolysis) is 1. The molecule has 7 nitrogen and oxygen atoms in total. The molecule has 0 aliphatic carbocycles. The van der Waals surface area contributed by atoms with E-state index < -0.39 is 6.09 Å². The number of halogens is 1. The lowest BCUT2D eigenvalue weighted by molar-refractivity contribution is 0.176. The van der Waals surface area contributed by atoms with Gasteiger partial charge in [0.1, 0.15) is 11.7 Å². The predicted molar refractivity (Wildman–Crippen MR) is 123 cm³/mol. The van der Waals surface area contributed by atoms with Crippen LogP contribution in [0.2, 0.25) is 0 Å². The maximum Gasteiger partial charge on any atom is 0.412 e. The van der Waals surface area contributed by atoms with Gasteiger partial charge in [-0.3, -0.25) is 10.1 Å². The van der Waals surface area contributed by atoms with Gasteiger partial charge >= 0.3 is 6.09 Å². The molecule has 8 heteroatoms. The van der Waals surface area contributed by atoms with E-state index in [9.17, 15) is 14.0 Å². The fraction of sp³-hybridized carbons (Fsp3) is 0.120. The van der Waals surface area contributed by atoms with Crippen molar-refractivity contribution in [3.05, 3.63) is 93.7 Å². The van der Waals surface area contributed by atoms with Crippen LogP contribution >= 0.6 is 0 Å². The highest BCUT2D eigenvalue weighted by Gasteiger charge is 2.18. The number of aromatic nitrogens is 2. The van der Waals surface area contributed by atoms with Crippen molar-refractivity contribution in [3.63, 3.8) is 0 Å². The average Bonchev–Trinajstić information content (AvgIpc) is 3.23. The Morgan fingerprint density at radius 1 is 1.09 bits per heavy atom. The summed E-state index contributed by atoms with van der Waals surface area (Å²) in [4.78, 5) is 28.0. The number of rotatable bonds is 3. The second kappa shape index (κ2) is 8.31. The fourth-order valence-corrected chi connectivity index (χ4v) is 3.98. The van der Waals surface area contributed by atoms with Crippen molar-refractivity contribution in [3.8, 4) is 11.1 Å². The number of carbonyl (C=O) groups excluding carboxylic acids is 1. The van der Waals surface area contributed by atoms with Crippen LogP contribution < -0.4 is 10.9 Å². The number of methoxy groups -OCH3 is 1. The molecule has 0 unspecified atom stereocenters. The Morgan fingerprint density at radius 2 is 1.85 bits per heavy atom. The molecule has 164 valence electrons. The van der Waals surface area contributed by atoms with Crippen molar-refractivity contribution < 1.29 is 13.9 Å². The van der Waals surface area contributed by atoms with Crippen LogP contribution in [0.3, 0.4) is 0 Å². The Morgan fingerprint density at radius 3 is 2.67 bits per heavy atom. The molecule has 0 radical (unpaired) electrons. The van der Waals surface area contributed by atoms with E-state index in [1.807, 2.05) is 30.3 Å². The fourth-order valence-electron chi connectivity index (χ4n) is 3.98. The molecule has 4 aromatic rings. The number of H-pyrrole nitrogens is 1. The lowest BCUT2D eigenvalue weighted by Gasteiger charge is -2.09. The number of amidine groups is 1. The second-order valence-corrected chi connectivity index (χ2v) is 7.72. The maximum absolute atomic E-state index is 14.7. The van der Waals surface area contributed by atoms with Crippen molar-refractivity contribution in [2.45, 2.75) is 12.8 Å².